The van der Waals surface area contributed by atoms with Gasteiger partial charge in [0.25, 0.3) is 0 Å². The van der Waals surface area contributed by atoms with Gasteiger partial charge in [0.2, 0.25) is 0 Å². The number of allylic oxidation sites excluding steroid dienone is 1. The maximum absolute atomic E-state index is 11.6. The average molecular weight is 288 g/mol. The van der Waals surface area contributed by atoms with Gasteiger partial charge in [0.05, 0.1) is 12.3 Å². The molecule has 1 aliphatic heterocycles. The molecule has 1 N–H and O–H groups in total. The van der Waals surface area contributed by atoms with Crippen LogP contribution in [0.15, 0.2) is 34.2 Å². The highest BCUT2D eigenvalue weighted by molar-refractivity contribution is 8.05. The highest BCUT2D eigenvalue weighted by atomic mass is 32.2. The Hall–Kier alpha value is -2.08. The first-order valence-corrected chi connectivity index (χ1v) is 7.10. The first kappa shape index (κ1) is 12.9. The molecular weight excluding hydrogens is 276 g/mol. The molecule has 5 nitrogen and oxygen atoms in total. The van der Waals surface area contributed by atoms with Crippen molar-refractivity contribution in [2.24, 2.45) is 4.99 Å². The van der Waals surface area contributed by atoms with Crippen LogP contribution in [0.4, 0.5) is 0 Å². The van der Waals surface area contributed by atoms with Gasteiger partial charge in [-0.25, -0.2) is 9.79 Å². The molecule has 102 valence electrons. The van der Waals surface area contributed by atoms with E-state index >= 15 is 0 Å². The predicted octanol–water partition coefficient (Wildman–Crippen LogP) is 1.54. The van der Waals surface area contributed by atoms with Crippen LogP contribution in [-0.2, 0) is 14.3 Å². The van der Waals surface area contributed by atoms with Crippen molar-refractivity contribution in [3.63, 3.8) is 0 Å². The molecular formula is C14H12N2O3S. The summed E-state index contributed by atoms with van der Waals surface area (Å²) in [6.45, 7) is 1.83. The largest absolute Gasteiger partial charge is 0.459 e. The van der Waals surface area contributed by atoms with Crippen LogP contribution in [0.2, 0.25) is 0 Å². The number of amides is 1. The Morgan fingerprint density at radius 1 is 1.40 bits per heavy atom. The maximum atomic E-state index is 11.6. The Labute approximate surface area is 120 Å². The summed E-state index contributed by atoms with van der Waals surface area (Å²) in [4.78, 5) is 28.3. The van der Waals surface area contributed by atoms with Crippen LogP contribution < -0.4 is 5.32 Å². The molecule has 0 fully saturated rings. The number of carbonyl (C=O) groups is 2. The summed E-state index contributed by atoms with van der Waals surface area (Å²) in [7, 11) is 0. The van der Waals surface area contributed by atoms with Gasteiger partial charge in [-0.2, -0.15) is 0 Å². The second-order valence-corrected chi connectivity index (χ2v) is 5.36. The summed E-state index contributed by atoms with van der Waals surface area (Å²) in [5.74, 6) is -1.64. The quantitative estimate of drug-likeness (QED) is 0.662. The lowest BCUT2D eigenvalue weighted by atomic mass is 10.1. The molecule has 1 aliphatic carbocycles. The van der Waals surface area contributed by atoms with E-state index in [4.69, 9.17) is 0 Å². The fraction of sp³-hybridized carbons (Fsp3) is 0.214. The van der Waals surface area contributed by atoms with Gasteiger partial charge in [0, 0.05) is 10.5 Å². The number of carbonyl (C=O) groups excluding carboxylic acids is 2. The zero-order valence-electron chi connectivity index (χ0n) is 10.8. The number of ether oxygens (including phenoxy) is 1. The summed E-state index contributed by atoms with van der Waals surface area (Å²) >= 11 is 1.42. The van der Waals surface area contributed by atoms with Crippen LogP contribution in [0.3, 0.4) is 0 Å². The van der Waals surface area contributed by atoms with E-state index in [0.29, 0.717) is 0 Å². The number of nitrogens with zero attached hydrogens (tertiary/aromatic N) is 1. The van der Waals surface area contributed by atoms with Crippen molar-refractivity contribution in [1.82, 2.24) is 5.32 Å². The average Bonchev–Trinajstić information content (AvgIpc) is 2.96. The molecule has 1 heterocycles. The second-order valence-electron chi connectivity index (χ2n) is 4.24. The van der Waals surface area contributed by atoms with E-state index < -0.39 is 17.4 Å². The molecule has 6 heteroatoms. The molecule has 0 radical (unpaired) electrons. The molecule has 0 saturated heterocycles. The number of thioether (sulfide) groups is 1. The molecule has 2 aliphatic rings. The topological polar surface area (TPSA) is 67.8 Å². The van der Waals surface area contributed by atoms with Crippen LogP contribution >= 0.6 is 11.8 Å². The summed E-state index contributed by atoms with van der Waals surface area (Å²) in [6.07, 6.45) is 2.04. The molecule has 1 atom stereocenters. The predicted molar refractivity (Wildman–Crippen MR) is 77.1 cm³/mol. The molecule has 20 heavy (non-hydrogen) atoms. The normalized spacial score (nSPS) is 18.8. The number of esters is 1. The molecule has 0 spiro atoms. The Morgan fingerprint density at radius 2 is 2.20 bits per heavy atom. The van der Waals surface area contributed by atoms with Crippen molar-refractivity contribution in [1.29, 1.82) is 0 Å². The Bertz CT molecular complexity index is 652. The first-order valence-electron chi connectivity index (χ1n) is 6.22. The molecule has 0 aromatic heterocycles. The highest BCUT2D eigenvalue weighted by Crippen LogP contribution is 2.39. The third-order valence-corrected chi connectivity index (χ3v) is 3.95. The smallest absolute Gasteiger partial charge is 0.396 e. The van der Waals surface area contributed by atoms with Crippen LogP contribution in [0.1, 0.15) is 18.1 Å². The summed E-state index contributed by atoms with van der Waals surface area (Å²) < 4.78 is 4.64. The van der Waals surface area contributed by atoms with Crippen molar-refractivity contribution in [3.8, 4) is 0 Å². The van der Waals surface area contributed by atoms with E-state index in [-0.39, 0.29) is 6.61 Å². The van der Waals surface area contributed by atoms with Gasteiger partial charge in [0.1, 0.15) is 0 Å². The number of fused-ring (bicyclic) bond motifs is 3. The van der Waals surface area contributed by atoms with Crippen LogP contribution in [0.25, 0.3) is 6.08 Å². The monoisotopic (exact) mass is 288 g/mol. The number of benzene rings is 1. The molecule has 1 unspecified atom stereocenters. The van der Waals surface area contributed by atoms with Gasteiger partial charge in [-0.05, 0) is 18.6 Å². The molecule has 1 aromatic carbocycles. The maximum Gasteiger partial charge on any atom is 0.396 e. The van der Waals surface area contributed by atoms with Crippen molar-refractivity contribution < 1.29 is 14.3 Å². The van der Waals surface area contributed by atoms with E-state index in [1.807, 2.05) is 30.3 Å². The summed E-state index contributed by atoms with van der Waals surface area (Å²) in [5.41, 5.74) is 2.59. The molecule has 1 amide bonds. The Kier molecular flexibility index (Phi) is 3.31. The number of hydrogen-bond acceptors (Lipinski definition) is 5. The van der Waals surface area contributed by atoms with Gasteiger partial charge in [-0.15, -0.1) is 0 Å². The van der Waals surface area contributed by atoms with Gasteiger partial charge in [-0.3, -0.25) is 4.79 Å². The van der Waals surface area contributed by atoms with Gasteiger partial charge in [0.15, 0.2) is 5.50 Å². The van der Waals surface area contributed by atoms with E-state index in [1.165, 1.54) is 11.8 Å². The molecule has 0 bridgehead atoms. The fourth-order valence-electron chi connectivity index (χ4n) is 2.10. The lowest BCUT2D eigenvalue weighted by molar-refractivity contribution is -0.154. The van der Waals surface area contributed by atoms with E-state index in [0.717, 1.165) is 21.7 Å². The standard InChI is InChI=1S/C14H12N2O3S/c1-2-19-13(18)12(17)16-14-15-11-9-6-4-3-5-8(9)7-10(11)20-14/h3-7,14H,2H2,1H3,(H,16,17). The van der Waals surface area contributed by atoms with Gasteiger partial charge in [-0.1, -0.05) is 36.0 Å². The highest BCUT2D eigenvalue weighted by Gasteiger charge is 2.31. The van der Waals surface area contributed by atoms with Crippen LogP contribution in [0, 0.1) is 0 Å². The number of nitrogens with one attached hydrogen (secondary N) is 1. The number of hydrogen-bond donors (Lipinski definition) is 1. The zero-order valence-corrected chi connectivity index (χ0v) is 11.6. The van der Waals surface area contributed by atoms with E-state index in [2.05, 4.69) is 15.0 Å². The lowest BCUT2D eigenvalue weighted by Crippen LogP contribution is -2.36. The lowest BCUT2D eigenvalue weighted by Gasteiger charge is -2.08. The van der Waals surface area contributed by atoms with Gasteiger partial charge < -0.3 is 10.1 Å². The first-order chi connectivity index (χ1) is 9.69. The second kappa shape index (κ2) is 5.13. The number of aliphatic imine (C=N–C) groups is 1. The summed E-state index contributed by atoms with van der Waals surface area (Å²) in [5, 5.41) is 2.54. The molecule has 3 rings (SSSR count). The van der Waals surface area contributed by atoms with Crippen molar-refractivity contribution in [3.05, 3.63) is 40.3 Å². The third kappa shape index (κ3) is 2.22. The van der Waals surface area contributed by atoms with E-state index in [9.17, 15) is 9.59 Å². The Balaban J connectivity index is 1.73. The minimum Gasteiger partial charge on any atom is -0.459 e. The molecule has 1 aromatic rings. The minimum atomic E-state index is -0.875. The molecule has 0 saturated carbocycles. The SMILES string of the molecule is CCOC(=O)C(=O)NC1N=C2C(=Cc3ccccc32)S1. The van der Waals surface area contributed by atoms with Crippen molar-refractivity contribution in [2.45, 2.75) is 12.4 Å². The minimum absolute atomic E-state index is 0.178. The third-order valence-electron chi connectivity index (χ3n) is 2.94. The van der Waals surface area contributed by atoms with E-state index in [1.54, 1.807) is 6.92 Å². The van der Waals surface area contributed by atoms with Crippen LogP contribution in [0.5, 0.6) is 0 Å². The van der Waals surface area contributed by atoms with Crippen molar-refractivity contribution >= 4 is 35.4 Å². The van der Waals surface area contributed by atoms with Crippen LogP contribution in [-0.4, -0.2) is 29.7 Å². The Morgan fingerprint density at radius 3 is 3.00 bits per heavy atom. The summed E-state index contributed by atoms with van der Waals surface area (Å²) in [6, 6.07) is 7.94. The zero-order chi connectivity index (χ0) is 14.1. The van der Waals surface area contributed by atoms with Crippen molar-refractivity contribution in [2.75, 3.05) is 6.61 Å². The fourth-order valence-corrected chi connectivity index (χ4v) is 3.13. The van der Waals surface area contributed by atoms with Gasteiger partial charge >= 0.3 is 11.9 Å². The number of rotatable bonds is 2.